The predicted molar refractivity (Wildman–Crippen MR) is 102 cm³/mol. The van der Waals surface area contributed by atoms with Gasteiger partial charge in [0.25, 0.3) is 0 Å². The average molecular weight is 367 g/mol. The van der Waals surface area contributed by atoms with Gasteiger partial charge < -0.3 is 9.47 Å². The zero-order chi connectivity index (χ0) is 19.6. The summed E-state index contributed by atoms with van der Waals surface area (Å²) in [5.41, 5.74) is 1.97. The molecule has 0 saturated heterocycles. The van der Waals surface area contributed by atoms with Crippen LogP contribution < -0.4 is 0 Å². The molecule has 27 heavy (non-hydrogen) atoms. The Morgan fingerprint density at radius 2 is 1.56 bits per heavy atom. The number of benzene rings is 2. The van der Waals surface area contributed by atoms with E-state index >= 15 is 0 Å². The van der Waals surface area contributed by atoms with Crippen LogP contribution in [-0.2, 0) is 20.9 Å². The van der Waals surface area contributed by atoms with E-state index in [9.17, 15) is 9.59 Å². The highest BCUT2D eigenvalue weighted by Gasteiger charge is 2.45. The van der Waals surface area contributed by atoms with E-state index in [-0.39, 0.29) is 12.6 Å². The molecule has 2 unspecified atom stereocenters. The first-order chi connectivity index (χ1) is 12.8. The van der Waals surface area contributed by atoms with Crippen LogP contribution in [0.1, 0.15) is 56.5 Å². The molecule has 3 rings (SSSR count). The van der Waals surface area contributed by atoms with Crippen molar-refractivity contribution in [2.45, 2.75) is 52.0 Å². The topological polar surface area (TPSA) is 55.8 Å². The molecule has 0 radical (unpaired) electrons. The largest absolute Gasteiger partial charge is 0.458 e. The minimum Gasteiger partial charge on any atom is -0.458 e. The van der Waals surface area contributed by atoms with Crippen molar-refractivity contribution in [3.8, 4) is 0 Å². The molecular formula is C22H25NO4. The minimum atomic E-state index is -0.807. The minimum absolute atomic E-state index is 0.153. The standard InChI is InChI=1S/C22H25NO4/c1-15-17-12-8-9-13-18(17)19(20(24)27-22(2,3)4)23(15)21(25)26-14-16-10-6-5-7-11-16/h5-13,15,19H,14H2,1-4H3. The molecule has 2 aromatic carbocycles. The van der Waals surface area contributed by atoms with E-state index in [2.05, 4.69) is 0 Å². The average Bonchev–Trinajstić information content (AvgIpc) is 2.92. The highest BCUT2D eigenvalue weighted by atomic mass is 16.6. The van der Waals surface area contributed by atoms with Crippen molar-refractivity contribution in [1.29, 1.82) is 0 Å². The molecule has 0 aliphatic carbocycles. The van der Waals surface area contributed by atoms with Crippen LogP contribution in [0.4, 0.5) is 4.79 Å². The number of carbonyl (C=O) groups excluding carboxylic acids is 2. The van der Waals surface area contributed by atoms with Crippen LogP contribution in [-0.4, -0.2) is 22.6 Å². The lowest BCUT2D eigenvalue weighted by Gasteiger charge is -2.29. The number of hydrogen-bond acceptors (Lipinski definition) is 4. The number of hydrogen-bond donors (Lipinski definition) is 0. The first-order valence-corrected chi connectivity index (χ1v) is 9.08. The molecule has 1 aliphatic rings. The van der Waals surface area contributed by atoms with Crippen LogP contribution in [0, 0.1) is 0 Å². The molecule has 1 heterocycles. The van der Waals surface area contributed by atoms with Gasteiger partial charge in [-0.25, -0.2) is 9.59 Å². The van der Waals surface area contributed by atoms with E-state index in [1.165, 1.54) is 4.90 Å². The Morgan fingerprint density at radius 3 is 2.19 bits per heavy atom. The zero-order valence-electron chi connectivity index (χ0n) is 16.1. The van der Waals surface area contributed by atoms with E-state index in [1.54, 1.807) is 0 Å². The van der Waals surface area contributed by atoms with Gasteiger partial charge in [-0.2, -0.15) is 0 Å². The van der Waals surface area contributed by atoms with Crippen LogP contribution in [0.2, 0.25) is 0 Å². The number of rotatable bonds is 3. The molecule has 2 atom stereocenters. The summed E-state index contributed by atoms with van der Waals surface area (Å²) in [5, 5.41) is 0. The maximum atomic E-state index is 12.9. The van der Waals surface area contributed by atoms with Gasteiger partial charge in [0.1, 0.15) is 12.2 Å². The molecule has 0 spiro atoms. The fraction of sp³-hybridized carbons (Fsp3) is 0.364. The first kappa shape index (κ1) is 19.0. The number of nitrogens with zero attached hydrogens (tertiary/aromatic N) is 1. The van der Waals surface area contributed by atoms with E-state index in [4.69, 9.17) is 9.47 Å². The number of ether oxygens (including phenoxy) is 2. The van der Waals surface area contributed by atoms with Crippen LogP contribution in [0.15, 0.2) is 54.6 Å². The summed E-state index contributed by atoms with van der Waals surface area (Å²) in [7, 11) is 0. The van der Waals surface area contributed by atoms with Crippen LogP contribution in [0.5, 0.6) is 0 Å². The molecule has 0 aromatic heterocycles. The lowest BCUT2D eigenvalue weighted by atomic mass is 10.0. The number of carbonyl (C=O) groups is 2. The molecule has 1 amide bonds. The molecule has 2 aromatic rings. The SMILES string of the molecule is CC1c2ccccc2C(C(=O)OC(C)(C)C)N1C(=O)OCc1ccccc1. The Bertz CT molecular complexity index is 826. The van der Waals surface area contributed by atoms with Gasteiger partial charge in [0, 0.05) is 0 Å². The second kappa shape index (κ2) is 7.43. The third-order valence-corrected chi connectivity index (χ3v) is 4.48. The lowest BCUT2D eigenvalue weighted by molar-refractivity contribution is -0.161. The molecule has 5 nitrogen and oxygen atoms in total. The van der Waals surface area contributed by atoms with E-state index in [0.29, 0.717) is 0 Å². The molecule has 5 heteroatoms. The van der Waals surface area contributed by atoms with Crippen LogP contribution >= 0.6 is 0 Å². The maximum absolute atomic E-state index is 12.9. The van der Waals surface area contributed by atoms with Gasteiger partial charge in [0.05, 0.1) is 6.04 Å². The van der Waals surface area contributed by atoms with Crippen molar-refractivity contribution in [3.05, 3.63) is 71.3 Å². The monoisotopic (exact) mass is 367 g/mol. The van der Waals surface area contributed by atoms with E-state index < -0.39 is 23.7 Å². The normalized spacial score (nSPS) is 18.7. The van der Waals surface area contributed by atoms with Gasteiger partial charge in [0.2, 0.25) is 0 Å². The van der Waals surface area contributed by atoms with E-state index in [0.717, 1.165) is 16.7 Å². The molecule has 1 aliphatic heterocycles. The Balaban J connectivity index is 1.85. The quantitative estimate of drug-likeness (QED) is 0.733. The summed E-state index contributed by atoms with van der Waals surface area (Å²) in [6.45, 7) is 7.49. The Kier molecular flexibility index (Phi) is 5.22. The molecular weight excluding hydrogens is 342 g/mol. The molecule has 0 bridgehead atoms. The fourth-order valence-corrected chi connectivity index (χ4v) is 3.32. The van der Waals surface area contributed by atoms with Crippen molar-refractivity contribution in [2.75, 3.05) is 0 Å². The Labute approximate surface area is 159 Å². The number of esters is 1. The molecule has 142 valence electrons. The van der Waals surface area contributed by atoms with Gasteiger partial charge >= 0.3 is 12.1 Å². The predicted octanol–water partition coefficient (Wildman–Crippen LogP) is 4.78. The van der Waals surface area contributed by atoms with Gasteiger partial charge in [-0.1, -0.05) is 54.6 Å². The van der Waals surface area contributed by atoms with E-state index in [1.807, 2.05) is 82.3 Å². The third kappa shape index (κ3) is 4.13. The van der Waals surface area contributed by atoms with Gasteiger partial charge in [-0.05, 0) is 44.4 Å². The summed E-state index contributed by atoms with van der Waals surface area (Å²) >= 11 is 0. The van der Waals surface area contributed by atoms with Gasteiger partial charge in [0.15, 0.2) is 6.04 Å². The second-order valence-corrected chi connectivity index (χ2v) is 7.69. The first-order valence-electron chi connectivity index (χ1n) is 9.08. The van der Waals surface area contributed by atoms with Gasteiger partial charge in [-0.3, -0.25) is 4.90 Å². The maximum Gasteiger partial charge on any atom is 0.411 e. The Hall–Kier alpha value is -2.82. The smallest absolute Gasteiger partial charge is 0.411 e. The van der Waals surface area contributed by atoms with Crippen molar-refractivity contribution in [2.24, 2.45) is 0 Å². The zero-order valence-corrected chi connectivity index (χ0v) is 16.1. The van der Waals surface area contributed by atoms with Gasteiger partial charge in [-0.15, -0.1) is 0 Å². The van der Waals surface area contributed by atoms with Crippen molar-refractivity contribution < 1.29 is 19.1 Å². The Morgan fingerprint density at radius 1 is 0.963 bits per heavy atom. The molecule has 0 N–H and O–H groups in total. The number of amides is 1. The van der Waals surface area contributed by atoms with Crippen LogP contribution in [0.3, 0.4) is 0 Å². The number of fused-ring (bicyclic) bond motifs is 1. The summed E-state index contributed by atoms with van der Waals surface area (Å²) in [5.74, 6) is -0.448. The van der Waals surface area contributed by atoms with Crippen LogP contribution in [0.25, 0.3) is 0 Å². The van der Waals surface area contributed by atoms with Crippen molar-refractivity contribution >= 4 is 12.1 Å². The molecule has 0 fully saturated rings. The second-order valence-electron chi connectivity index (χ2n) is 7.69. The summed E-state index contributed by atoms with van der Waals surface area (Å²) in [6, 6.07) is 15.9. The summed E-state index contributed by atoms with van der Waals surface area (Å²) in [6.07, 6.45) is -0.529. The highest BCUT2D eigenvalue weighted by molar-refractivity contribution is 5.85. The third-order valence-electron chi connectivity index (χ3n) is 4.48. The molecule has 0 saturated carbocycles. The van der Waals surface area contributed by atoms with Crippen molar-refractivity contribution in [1.82, 2.24) is 4.90 Å². The van der Waals surface area contributed by atoms with Crippen molar-refractivity contribution in [3.63, 3.8) is 0 Å². The lowest BCUT2D eigenvalue weighted by Crippen LogP contribution is -2.39. The summed E-state index contributed by atoms with van der Waals surface area (Å²) in [4.78, 5) is 27.2. The summed E-state index contributed by atoms with van der Waals surface area (Å²) < 4.78 is 11.1. The fourth-order valence-electron chi connectivity index (χ4n) is 3.32. The highest BCUT2D eigenvalue weighted by Crippen LogP contribution is 2.43.